The van der Waals surface area contributed by atoms with Gasteiger partial charge in [-0.05, 0) is 16.6 Å². The lowest BCUT2D eigenvalue weighted by atomic mass is 10.2. The largest absolute Gasteiger partial charge is 0.445 e. The molecule has 2 N–H and O–H groups in total. The quantitative estimate of drug-likeness (QED) is 0.254. The second kappa shape index (κ2) is 10.3. The number of nitrogens with one attached hydrogen (secondary N) is 2. The number of ether oxygens (including phenoxy) is 1. The third kappa shape index (κ3) is 6.90. The van der Waals surface area contributed by atoms with Gasteiger partial charge in [0.15, 0.2) is 5.82 Å². The number of hydrogen-bond donors (Lipinski definition) is 2. The second-order valence-electron chi connectivity index (χ2n) is 5.80. The minimum atomic E-state index is -1.88. The van der Waals surface area contributed by atoms with Gasteiger partial charge < -0.3 is 20.2 Å². The molecule has 158 valence electrons. The third-order valence-electron chi connectivity index (χ3n) is 3.81. The van der Waals surface area contributed by atoms with Crippen LogP contribution in [0.3, 0.4) is 0 Å². The summed E-state index contributed by atoms with van der Waals surface area (Å²) in [5.74, 6) is 0.216. The van der Waals surface area contributed by atoms with Gasteiger partial charge in [0, 0.05) is 18.5 Å². The molecule has 2 rings (SSSR count). The van der Waals surface area contributed by atoms with Crippen LogP contribution >= 0.6 is 46.4 Å². The van der Waals surface area contributed by atoms with E-state index in [1.807, 2.05) is 0 Å². The molecule has 1 amide bonds. The molecular weight excluding hydrogens is 468 g/mol. The summed E-state index contributed by atoms with van der Waals surface area (Å²) >= 11 is 23.8. The van der Waals surface area contributed by atoms with E-state index in [-0.39, 0.29) is 25.5 Å². The lowest BCUT2D eigenvalue weighted by Crippen LogP contribution is -2.53. The van der Waals surface area contributed by atoms with Crippen molar-refractivity contribution >= 4 is 58.3 Å². The van der Waals surface area contributed by atoms with Crippen LogP contribution in [-0.2, 0) is 17.8 Å². The van der Waals surface area contributed by atoms with E-state index in [9.17, 15) is 14.9 Å². The van der Waals surface area contributed by atoms with E-state index < -0.39 is 21.0 Å². The first kappa shape index (κ1) is 23.5. The fourth-order valence-electron chi connectivity index (χ4n) is 2.37. The predicted molar refractivity (Wildman–Crippen MR) is 110 cm³/mol. The lowest BCUT2D eigenvalue weighted by Gasteiger charge is -2.26. The van der Waals surface area contributed by atoms with Gasteiger partial charge in [-0.25, -0.2) is 14.3 Å². The molecule has 0 spiro atoms. The Morgan fingerprint density at radius 2 is 2.07 bits per heavy atom. The molecule has 1 atom stereocenters. The summed E-state index contributed by atoms with van der Waals surface area (Å²) in [5, 5.41) is 16.8. The Labute approximate surface area is 186 Å². The second-order valence-corrected chi connectivity index (χ2v) is 8.58. The average molecular weight is 485 g/mol. The number of alkyl halides is 3. The normalized spacial score (nSPS) is 12.4. The Hall–Kier alpha value is -1.78. The van der Waals surface area contributed by atoms with Crippen molar-refractivity contribution in [2.75, 3.05) is 6.61 Å². The monoisotopic (exact) mass is 483 g/mol. The molecule has 0 aliphatic heterocycles. The summed E-state index contributed by atoms with van der Waals surface area (Å²) in [4.78, 5) is 26.3. The summed E-state index contributed by atoms with van der Waals surface area (Å²) in [5.41, 5.74) is 0.742. The molecule has 0 aliphatic carbocycles. The molecule has 0 fully saturated rings. The Morgan fingerprint density at radius 3 is 2.69 bits per heavy atom. The highest BCUT2D eigenvalue weighted by molar-refractivity contribution is 6.68. The van der Waals surface area contributed by atoms with Crippen LogP contribution in [-0.4, -0.2) is 37.1 Å². The highest BCUT2D eigenvalue weighted by Crippen LogP contribution is 2.29. The maximum atomic E-state index is 12.1. The molecule has 1 heterocycles. The first-order valence-electron chi connectivity index (χ1n) is 8.23. The molecule has 9 nitrogen and oxygen atoms in total. The van der Waals surface area contributed by atoms with Crippen LogP contribution < -0.4 is 10.6 Å². The van der Waals surface area contributed by atoms with Gasteiger partial charge in [-0.15, -0.1) is 0 Å². The van der Waals surface area contributed by atoms with Crippen LogP contribution in [0.5, 0.6) is 0 Å². The molecule has 29 heavy (non-hydrogen) atoms. The summed E-state index contributed by atoms with van der Waals surface area (Å²) in [6, 6.07) is 7.07. The van der Waals surface area contributed by atoms with E-state index in [2.05, 4.69) is 15.6 Å². The maximum Gasteiger partial charge on any atom is 0.408 e. The topological polar surface area (TPSA) is 111 Å². The van der Waals surface area contributed by atoms with Gasteiger partial charge in [-0.2, -0.15) is 0 Å². The zero-order valence-electron chi connectivity index (χ0n) is 15.1. The van der Waals surface area contributed by atoms with E-state index in [0.29, 0.717) is 10.8 Å². The minimum Gasteiger partial charge on any atom is -0.445 e. The first-order chi connectivity index (χ1) is 13.6. The van der Waals surface area contributed by atoms with Gasteiger partial charge in [0.25, 0.3) is 0 Å². The fourth-order valence-corrected chi connectivity index (χ4v) is 2.97. The molecular formula is C16H17Cl4N5O4. The van der Waals surface area contributed by atoms with E-state index in [1.54, 1.807) is 31.2 Å². The molecule has 0 radical (unpaired) electrons. The fraction of sp³-hybridized carbons (Fsp3) is 0.375. The smallest absolute Gasteiger partial charge is 0.408 e. The number of halogens is 4. The van der Waals surface area contributed by atoms with Crippen molar-refractivity contribution in [1.29, 1.82) is 0 Å². The highest BCUT2D eigenvalue weighted by atomic mass is 35.6. The number of nitro groups is 1. The van der Waals surface area contributed by atoms with Gasteiger partial charge in [0.1, 0.15) is 25.5 Å². The van der Waals surface area contributed by atoms with Crippen molar-refractivity contribution < 1.29 is 14.5 Å². The van der Waals surface area contributed by atoms with Gasteiger partial charge in [-0.3, -0.25) is 5.32 Å². The molecule has 13 heteroatoms. The SMILES string of the molecule is Cc1ncc([N+](=O)[O-])n1CCOC(=O)N[C@H](NCc1ccccc1Cl)C(Cl)(Cl)Cl. The zero-order valence-corrected chi connectivity index (χ0v) is 18.1. The summed E-state index contributed by atoms with van der Waals surface area (Å²) < 4.78 is 4.48. The van der Waals surface area contributed by atoms with E-state index in [1.165, 1.54) is 4.57 Å². The number of benzene rings is 1. The van der Waals surface area contributed by atoms with Crippen molar-refractivity contribution in [2.24, 2.45) is 0 Å². The minimum absolute atomic E-state index is 0.0427. The number of imidazole rings is 1. The molecule has 0 saturated carbocycles. The number of aryl methyl sites for hydroxylation is 1. The number of aromatic nitrogens is 2. The van der Waals surface area contributed by atoms with Gasteiger partial charge in [0.2, 0.25) is 3.79 Å². The van der Waals surface area contributed by atoms with Crippen LogP contribution in [0.25, 0.3) is 0 Å². The molecule has 0 aliphatic rings. The van der Waals surface area contributed by atoms with Crippen molar-refractivity contribution in [3.63, 3.8) is 0 Å². The lowest BCUT2D eigenvalue weighted by molar-refractivity contribution is -0.392. The molecule has 0 saturated heterocycles. The van der Waals surface area contributed by atoms with Crippen LogP contribution in [0.2, 0.25) is 5.02 Å². The van der Waals surface area contributed by atoms with Gasteiger partial charge in [-0.1, -0.05) is 64.6 Å². The Kier molecular flexibility index (Phi) is 8.35. The summed E-state index contributed by atoms with van der Waals surface area (Å²) in [7, 11) is 0. The Balaban J connectivity index is 1.91. The number of amides is 1. The molecule has 1 aromatic heterocycles. The first-order valence-corrected chi connectivity index (χ1v) is 9.74. The van der Waals surface area contributed by atoms with E-state index in [4.69, 9.17) is 51.1 Å². The standard InChI is InChI=1S/C16H17Cl4N5O4/c1-10-21-9-13(25(27)28)24(10)6-7-29-15(26)23-14(16(18,19)20)22-8-11-4-2-3-5-12(11)17/h2-5,9,14,22H,6-8H2,1H3,(H,23,26)/t14-/m0/s1. The van der Waals surface area contributed by atoms with Crippen molar-refractivity contribution in [3.8, 4) is 0 Å². The van der Waals surface area contributed by atoms with Gasteiger partial charge in [0.05, 0.1) is 0 Å². The van der Waals surface area contributed by atoms with Crippen molar-refractivity contribution in [2.45, 2.75) is 30.0 Å². The van der Waals surface area contributed by atoms with Crippen LogP contribution in [0, 0.1) is 17.0 Å². The average Bonchev–Trinajstić information content (AvgIpc) is 3.00. The third-order valence-corrected chi connectivity index (χ3v) is 4.84. The summed E-state index contributed by atoms with van der Waals surface area (Å²) in [6.45, 7) is 1.71. The Morgan fingerprint density at radius 1 is 1.38 bits per heavy atom. The van der Waals surface area contributed by atoms with E-state index >= 15 is 0 Å². The molecule has 0 bridgehead atoms. The van der Waals surface area contributed by atoms with E-state index in [0.717, 1.165) is 11.8 Å². The van der Waals surface area contributed by atoms with Crippen molar-refractivity contribution in [1.82, 2.24) is 20.2 Å². The number of carbonyl (C=O) groups is 1. The number of carbonyl (C=O) groups excluding carboxylic acids is 1. The highest BCUT2D eigenvalue weighted by Gasteiger charge is 2.34. The molecule has 0 unspecified atom stereocenters. The zero-order chi connectivity index (χ0) is 21.6. The van der Waals surface area contributed by atoms with Crippen molar-refractivity contribution in [3.05, 3.63) is 57.0 Å². The molecule has 1 aromatic carbocycles. The predicted octanol–water partition coefficient (Wildman–Crippen LogP) is 3.97. The molecule has 2 aromatic rings. The maximum absolute atomic E-state index is 12.1. The van der Waals surface area contributed by atoms with Gasteiger partial charge >= 0.3 is 11.9 Å². The van der Waals surface area contributed by atoms with Crippen LogP contribution in [0.1, 0.15) is 11.4 Å². The Bertz CT molecular complexity index is 871. The van der Waals surface area contributed by atoms with Crippen LogP contribution in [0.15, 0.2) is 30.5 Å². The number of rotatable bonds is 8. The summed E-state index contributed by atoms with van der Waals surface area (Å²) in [6.07, 6.45) is -0.818. The number of nitrogens with zero attached hydrogens (tertiary/aromatic N) is 3. The van der Waals surface area contributed by atoms with Crippen LogP contribution in [0.4, 0.5) is 10.6 Å². The number of hydrogen-bond acceptors (Lipinski definition) is 6. The number of alkyl carbamates (subject to hydrolysis) is 1.